The van der Waals surface area contributed by atoms with Gasteiger partial charge in [-0.1, -0.05) is 0 Å². The van der Waals surface area contributed by atoms with Crippen LogP contribution in [0.4, 0.5) is 13.2 Å². The summed E-state index contributed by atoms with van der Waals surface area (Å²) in [7, 11) is 0. The summed E-state index contributed by atoms with van der Waals surface area (Å²) in [5.41, 5.74) is 0.661. The summed E-state index contributed by atoms with van der Waals surface area (Å²) in [6.45, 7) is -1.44. The van der Waals surface area contributed by atoms with E-state index >= 15 is 0 Å². The van der Waals surface area contributed by atoms with E-state index in [9.17, 15) is 18.0 Å². The van der Waals surface area contributed by atoms with Gasteiger partial charge in [0.2, 0.25) is 0 Å². The predicted octanol–water partition coefficient (Wildman–Crippen LogP) is 1.54. The standard InChI is InChI=1S/C9H10F3NO2/c10-9(11,12)6-13-4-8(14)3-7-1-2-15-5-7/h1-2,5,13H,3-4,6H2. The van der Waals surface area contributed by atoms with Crippen LogP contribution >= 0.6 is 0 Å². The molecule has 15 heavy (non-hydrogen) atoms. The van der Waals surface area contributed by atoms with Gasteiger partial charge in [-0.2, -0.15) is 13.2 Å². The maximum absolute atomic E-state index is 11.7. The molecule has 1 heterocycles. The summed E-state index contributed by atoms with van der Waals surface area (Å²) in [6.07, 6.45) is -1.40. The van der Waals surface area contributed by atoms with Gasteiger partial charge in [0.05, 0.1) is 25.6 Å². The van der Waals surface area contributed by atoms with E-state index in [4.69, 9.17) is 4.42 Å². The molecule has 1 aromatic rings. The Balaban J connectivity index is 2.20. The third-order valence-corrected chi connectivity index (χ3v) is 1.63. The lowest BCUT2D eigenvalue weighted by Gasteiger charge is -2.06. The quantitative estimate of drug-likeness (QED) is 0.820. The molecule has 0 atom stereocenters. The van der Waals surface area contributed by atoms with Crippen LogP contribution in [0.15, 0.2) is 23.0 Å². The fraction of sp³-hybridized carbons (Fsp3) is 0.444. The molecule has 3 nitrogen and oxygen atoms in total. The number of alkyl halides is 3. The van der Waals surface area contributed by atoms with Crippen molar-refractivity contribution in [2.75, 3.05) is 13.1 Å². The van der Waals surface area contributed by atoms with Gasteiger partial charge >= 0.3 is 6.18 Å². The molecule has 0 unspecified atom stereocenters. The van der Waals surface area contributed by atoms with Crippen molar-refractivity contribution in [1.82, 2.24) is 5.32 Å². The lowest BCUT2D eigenvalue weighted by Crippen LogP contribution is -2.33. The average Bonchev–Trinajstić information content (AvgIpc) is 2.54. The second-order valence-corrected chi connectivity index (χ2v) is 3.07. The Morgan fingerprint density at radius 2 is 2.20 bits per heavy atom. The van der Waals surface area contributed by atoms with E-state index in [1.54, 1.807) is 6.07 Å². The van der Waals surface area contributed by atoms with E-state index in [0.29, 0.717) is 5.56 Å². The van der Waals surface area contributed by atoms with Crippen LogP contribution in [0, 0.1) is 0 Å². The topological polar surface area (TPSA) is 42.2 Å². The molecular weight excluding hydrogens is 211 g/mol. The number of rotatable bonds is 5. The maximum Gasteiger partial charge on any atom is 0.401 e. The number of Topliss-reactive ketones (excluding diaryl/α,β-unsaturated/α-hetero) is 1. The zero-order valence-corrected chi connectivity index (χ0v) is 7.80. The number of halogens is 3. The van der Waals surface area contributed by atoms with E-state index < -0.39 is 12.7 Å². The highest BCUT2D eigenvalue weighted by Crippen LogP contribution is 2.11. The fourth-order valence-electron chi connectivity index (χ4n) is 1.03. The number of ketones is 1. The smallest absolute Gasteiger partial charge is 0.401 e. The van der Waals surface area contributed by atoms with Crippen molar-refractivity contribution in [3.8, 4) is 0 Å². The normalized spacial score (nSPS) is 11.7. The van der Waals surface area contributed by atoms with Gasteiger partial charge in [-0.05, 0) is 11.6 Å². The Bertz CT molecular complexity index is 306. The van der Waals surface area contributed by atoms with Crippen LogP contribution in [0.5, 0.6) is 0 Å². The molecule has 0 saturated heterocycles. The van der Waals surface area contributed by atoms with Crippen molar-refractivity contribution >= 4 is 5.78 Å². The van der Waals surface area contributed by atoms with Gasteiger partial charge < -0.3 is 9.73 Å². The Morgan fingerprint density at radius 3 is 2.73 bits per heavy atom. The zero-order valence-electron chi connectivity index (χ0n) is 7.80. The molecule has 0 aliphatic heterocycles. The van der Waals surface area contributed by atoms with Crippen LogP contribution in [-0.2, 0) is 11.2 Å². The summed E-state index contributed by atoms with van der Waals surface area (Å²) in [4.78, 5) is 11.1. The van der Waals surface area contributed by atoms with Gasteiger partial charge in [-0.3, -0.25) is 4.79 Å². The molecule has 0 aliphatic carbocycles. The third-order valence-electron chi connectivity index (χ3n) is 1.63. The van der Waals surface area contributed by atoms with Crippen LogP contribution in [-0.4, -0.2) is 25.0 Å². The second kappa shape index (κ2) is 4.97. The van der Waals surface area contributed by atoms with Crippen molar-refractivity contribution in [3.05, 3.63) is 24.2 Å². The van der Waals surface area contributed by atoms with Crippen LogP contribution < -0.4 is 5.32 Å². The maximum atomic E-state index is 11.7. The highest BCUT2D eigenvalue weighted by Gasteiger charge is 2.26. The lowest BCUT2D eigenvalue weighted by molar-refractivity contribution is -0.127. The number of hydrogen-bond acceptors (Lipinski definition) is 3. The van der Waals surface area contributed by atoms with Gasteiger partial charge in [-0.25, -0.2) is 0 Å². The first-order valence-corrected chi connectivity index (χ1v) is 4.27. The summed E-state index contributed by atoms with van der Waals surface area (Å²) in [5.74, 6) is -0.305. The van der Waals surface area contributed by atoms with Crippen LogP contribution in [0.3, 0.4) is 0 Å². The molecule has 0 bridgehead atoms. The summed E-state index contributed by atoms with van der Waals surface area (Å²) >= 11 is 0. The minimum Gasteiger partial charge on any atom is -0.472 e. The number of carbonyl (C=O) groups is 1. The van der Waals surface area contributed by atoms with Crippen molar-refractivity contribution in [3.63, 3.8) is 0 Å². The van der Waals surface area contributed by atoms with Crippen LogP contribution in [0.25, 0.3) is 0 Å². The summed E-state index contributed by atoms with van der Waals surface area (Å²) < 4.78 is 39.8. The molecular formula is C9H10F3NO2. The predicted molar refractivity (Wildman–Crippen MR) is 46.3 cm³/mol. The average molecular weight is 221 g/mol. The van der Waals surface area contributed by atoms with E-state index in [-0.39, 0.29) is 18.7 Å². The van der Waals surface area contributed by atoms with Crippen molar-refractivity contribution < 1.29 is 22.4 Å². The molecule has 0 fully saturated rings. The molecule has 0 spiro atoms. The van der Waals surface area contributed by atoms with E-state index in [2.05, 4.69) is 0 Å². The fourth-order valence-corrected chi connectivity index (χ4v) is 1.03. The largest absolute Gasteiger partial charge is 0.472 e. The van der Waals surface area contributed by atoms with Gasteiger partial charge in [0, 0.05) is 6.42 Å². The van der Waals surface area contributed by atoms with E-state index in [1.165, 1.54) is 12.5 Å². The third kappa shape index (κ3) is 5.21. The minimum absolute atomic E-state index is 0.0847. The number of hydrogen-bond donors (Lipinski definition) is 1. The second-order valence-electron chi connectivity index (χ2n) is 3.07. The van der Waals surface area contributed by atoms with Gasteiger partial charge in [0.25, 0.3) is 0 Å². The van der Waals surface area contributed by atoms with Crippen molar-refractivity contribution in [2.45, 2.75) is 12.6 Å². The van der Waals surface area contributed by atoms with Gasteiger partial charge in [0.15, 0.2) is 5.78 Å². The van der Waals surface area contributed by atoms with E-state index in [0.717, 1.165) is 0 Å². The van der Waals surface area contributed by atoms with Crippen LogP contribution in [0.1, 0.15) is 5.56 Å². The zero-order chi connectivity index (χ0) is 11.3. The molecule has 1 rings (SSSR count). The van der Waals surface area contributed by atoms with Crippen molar-refractivity contribution in [1.29, 1.82) is 0 Å². The highest BCUT2D eigenvalue weighted by atomic mass is 19.4. The molecule has 84 valence electrons. The molecule has 0 aliphatic rings. The summed E-state index contributed by atoms with van der Waals surface area (Å²) in [6, 6.07) is 1.60. The molecule has 0 amide bonds. The van der Waals surface area contributed by atoms with E-state index in [1.807, 2.05) is 5.32 Å². The molecule has 0 saturated carbocycles. The minimum atomic E-state index is -4.28. The molecule has 1 aromatic heterocycles. The molecule has 1 N–H and O–H groups in total. The number of carbonyl (C=O) groups excluding carboxylic acids is 1. The SMILES string of the molecule is O=C(CNCC(F)(F)F)Cc1ccoc1. The number of nitrogens with one attached hydrogen (secondary N) is 1. The van der Waals surface area contributed by atoms with Crippen LogP contribution in [0.2, 0.25) is 0 Å². The molecule has 0 aromatic carbocycles. The lowest BCUT2D eigenvalue weighted by atomic mass is 10.2. The Labute approximate surface area is 84.3 Å². The monoisotopic (exact) mass is 221 g/mol. The first-order valence-electron chi connectivity index (χ1n) is 4.27. The Morgan fingerprint density at radius 1 is 1.47 bits per heavy atom. The first kappa shape index (κ1) is 11.8. The first-order chi connectivity index (χ1) is 6.97. The summed E-state index contributed by atoms with van der Waals surface area (Å²) in [5, 5.41) is 2.03. The number of furan rings is 1. The Hall–Kier alpha value is -1.30. The van der Waals surface area contributed by atoms with Gasteiger partial charge in [-0.15, -0.1) is 0 Å². The Kier molecular flexibility index (Phi) is 3.90. The molecule has 0 radical (unpaired) electrons. The van der Waals surface area contributed by atoms with Gasteiger partial charge in [0.1, 0.15) is 0 Å². The highest BCUT2D eigenvalue weighted by molar-refractivity contribution is 5.82. The van der Waals surface area contributed by atoms with Crippen molar-refractivity contribution in [2.24, 2.45) is 0 Å². The molecule has 6 heteroatoms.